The van der Waals surface area contributed by atoms with Crippen molar-refractivity contribution in [2.75, 3.05) is 0 Å². The van der Waals surface area contributed by atoms with E-state index in [0.717, 1.165) is 11.0 Å². The quantitative estimate of drug-likeness (QED) is 0.560. The first kappa shape index (κ1) is 7.06. The van der Waals surface area contributed by atoms with Crippen LogP contribution in [-0.2, 0) is 0 Å². The normalized spacial score (nSPS) is 10.7. The number of aromatic nitrogens is 3. The summed E-state index contributed by atoms with van der Waals surface area (Å²) >= 11 is 8.94. The average molecular weight is 232 g/mol. The number of nitrogens with one attached hydrogen (secondary N) is 1. The number of fused-ring (bicyclic) bond motifs is 1. The Labute approximate surface area is 75.9 Å². The van der Waals surface area contributed by atoms with Crippen molar-refractivity contribution in [3.8, 4) is 0 Å². The van der Waals surface area contributed by atoms with Crippen molar-refractivity contribution < 1.29 is 0 Å². The number of H-pyrrole nitrogens is 1. The molecule has 3 nitrogen and oxygen atoms in total. The van der Waals surface area contributed by atoms with E-state index in [4.69, 9.17) is 11.6 Å². The van der Waals surface area contributed by atoms with Crippen LogP contribution >= 0.6 is 27.5 Å². The smallest absolute Gasteiger partial charge is 0.200 e. The van der Waals surface area contributed by atoms with Gasteiger partial charge in [0.1, 0.15) is 10.8 Å². The second-order valence-electron chi connectivity index (χ2n) is 2.02. The molecule has 0 unspecified atom stereocenters. The molecule has 0 spiro atoms. The molecule has 11 heavy (non-hydrogen) atoms. The van der Waals surface area contributed by atoms with Gasteiger partial charge in [-0.05, 0) is 22.0 Å². The largest absolute Gasteiger partial charge is 0.346 e. The van der Waals surface area contributed by atoms with E-state index in [9.17, 15) is 0 Å². The van der Waals surface area contributed by atoms with Crippen molar-refractivity contribution in [3.05, 3.63) is 22.1 Å². The molecule has 0 aromatic carbocycles. The lowest BCUT2D eigenvalue weighted by Crippen LogP contribution is -1.84. The third-order valence-corrected chi connectivity index (χ3v) is 1.98. The minimum atomic E-state index is 0.461. The molecule has 1 N–H and O–H groups in total. The maximum atomic E-state index is 5.80. The Bertz CT molecular complexity index is 398. The lowest BCUT2D eigenvalue weighted by Gasteiger charge is -1.92. The molecule has 0 atom stereocenters. The van der Waals surface area contributed by atoms with Crippen LogP contribution in [-0.4, -0.2) is 15.0 Å². The van der Waals surface area contributed by atoms with Crippen molar-refractivity contribution >= 4 is 38.6 Å². The fourth-order valence-electron chi connectivity index (χ4n) is 0.878. The molecule has 2 aromatic rings. The van der Waals surface area contributed by atoms with Crippen LogP contribution in [0.15, 0.2) is 17.0 Å². The van der Waals surface area contributed by atoms with Gasteiger partial charge in [-0.1, -0.05) is 11.6 Å². The van der Waals surface area contributed by atoms with Crippen LogP contribution in [0, 0.1) is 0 Å². The molecule has 0 fully saturated rings. The number of hydrogen-bond acceptors (Lipinski definition) is 2. The van der Waals surface area contributed by atoms with Gasteiger partial charge in [0.05, 0.1) is 5.39 Å². The van der Waals surface area contributed by atoms with Crippen molar-refractivity contribution in [2.45, 2.75) is 0 Å². The topological polar surface area (TPSA) is 41.6 Å². The summed E-state index contributed by atoms with van der Waals surface area (Å²) in [7, 11) is 0. The van der Waals surface area contributed by atoms with Crippen LogP contribution in [0.4, 0.5) is 0 Å². The van der Waals surface area contributed by atoms with Crippen LogP contribution in [0.1, 0.15) is 0 Å². The number of aromatic amines is 1. The standard InChI is InChI=1S/C6H3BrClN3/c7-6-10-4(8)3-1-2-9-5(3)11-6/h1-2H,(H,9,10,11). The number of hydrogen-bond donors (Lipinski definition) is 1. The Morgan fingerprint density at radius 3 is 3.09 bits per heavy atom. The first-order valence-corrected chi connectivity index (χ1v) is 4.10. The van der Waals surface area contributed by atoms with E-state index in [0.29, 0.717) is 9.89 Å². The van der Waals surface area contributed by atoms with Crippen molar-refractivity contribution in [1.82, 2.24) is 15.0 Å². The zero-order valence-corrected chi connectivity index (χ0v) is 7.65. The summed E-state index contributed by atoms with van der Waals surface area (Å²) in [5.74, 6) is 0. The van der Waals surface area contributed by atoms with Gasteiger partial charge in [-0.15, -0.1) is 0 Å². The molecule has 2 rings (SSSR count). The predicted octanol–water partition coefficient (Wildman–Crippen LogP) is 2.37. The van der Waals surface area contributed by atoms with Gasteiger partial charge in [0, 0.05) is 6.20 Å². The molecule has 0 aliphatic carbocycles. The summed E-state index contributed by atoms with van der Waals surface area (Å²) in [5.41, 5.74) is 0.747. The van der Waals surface area contributed by atoms with Gasteiger partial charge in [-0.3, -0.25) is 0 Å². The van der Waals surface area contributed by atoms with Gasteiger partial charge >= 0.3 is 0 Å². The zero-order valence-electron chi connectivity index (χ0n) is 5.31. The Balaban J connectivity index is 2.91. The molecular formula is C6H3BrClN3. The van der Waals surface area contributed by atoms with E-state index in [1.54, 1.807) is 6.20 Å². The first-order chi connectivity index (χ1) is 5.27. The third-order valence-electron chi connectivity index (χ3n) is 1.34. The highest BCUT2D eigenvalue weighted by Gasteiger charge is 2.03. The minimum Gasteiger partial charge on any atom is -0.346 e. The Kier molecular flexibility index (Phi) is 1.58. The van der Waals surface area contributed by atoms with Crippen molar-refractivity contribution in [2.24, 2.45) is 0 Å². The molecule has 0 bridgehead atoms. The van der Waals surface area contributed by atoms with Crippen LogP contribution in [0.5, 0.6) is 0 Å². The average Bonchev–Trinajstić information content (AvgIpc) is 2.34. The van der Waals surface area contributed by atoms with Crippen LogP contribution < -0.4 is 0 Å². The summed E-state index contributed by atoms with van der Waals surface area (Å²) in [4.78, 5) is 10.9. The van der Waals surface area contributed by atoms with Crippen LogP contribution in [0.2, 0.25) is 5.15 Å². The van der Waals surface area contributed by atoms with Gasteiger partial charge in [0.25, 0.3) is 0 Å². The highest BCUT2D eigenvalue weighted by Crippen LogP contribution is 2.20. The highest BCUT2D eigenvalue weighted by molar-refractivity contribution is 9.10. The van der Waals surface area contributed by atoms with E-state index >= 15 is 0 Å². The molecule has 0 aliphatic rings. The lowest BCUT2D eigenvalue weighted by atomic mass is 10.4. The SMILES string of the molecule is Clc1nc(Br)nc2[nH]ccc12. The molecule has 0 aliphatic heterocycles. The van der Waals surface area contributed by atoms with E-state index in [1.807, 2.05) is 6.07 Å². The van der Waals surface area contributed by atoms with Crippen LogP contribution in [0.3, 0.4) is 0 Å². The Hall–Kier alpha value is -0.610. The fourth-order valence-corrected chi connectivity index (χ4v) is 1.57. The summed E-state index contributed by atoms with van der Waals surface area (Å²) in [6.07, 6.45) is 1.78. The molecular weight excluding hydrogens is 229 g/mol. The zero-order chi connectivity index (χ0) is 7.84. The molecule has 0 saturated carbocycles. The fraction of sp³-hybridized carbons (Fsp3) is 0. The van der Waals surface area contributed by atoms with E-state index < -0.39 is 0 Å². The summed E-state index contributed by atoms with van der Waals surface area (Å²) < 4.78 is 0.498. The number of rotatable bonds is 0. The second kappa shape index (κ2) is 2.46. The van der Waals surface area contributed by atoms with Crippen LogP contribution in [0.25, 0.3) is 11.0 Å². The molecule has 0 radical (unpaired) electrons. The Morgan fingerprint density at radius 1 is 1.45 bits per heavy atom. The number of nitrogens with zero attached hydrogens (tertiary/aromatic N) is 2. The van der Waals surface area contributed by atoms with Crippen molar-refractivity contribution in [3.63, 3.8) is 0 Å². The molecule has 2 aromatic heterocycles. The minimum absolute atomic E-state index is 0.461. The van der Waals surface area contributed by atoms with E-state index in [2.05, 4.69) is 30.9 Å². The lowest BCUT2D eigenvalue weighted by molar-refractivity contribution is 1.14. The van der Waals surface area contributed by atoms with E-state index in [-0.39, 0.29) is 0 Å². The molecule has 56 valence electrons. The van der Waals surface area contributed by atoms with E-state index in [1.165, 1.54) is 0 Å². The number of halogens is 2. The van der Waals surface area contributed by atoms with Gasteiger partial charge in [0.15, 0.2) is 4.73 Å². The molecule has 5 heteroatoms. The van der Waals surface area contributed by atoms with Gasteiger partial charge < -0.3 is 4.98 Å². The summed E-state index contributed by atoms with van der Waals surface area (Å²) in [6.45, 7) is 0. The molecule has 0 amide bonds. The predicted molar refractivity (Wildman–Crippen MR) is 46.6 cm³/mol. The third kappa shape index (κ3) is 1.12. The van der Waals surface area contributed by atoms with Gasteiger partial charge in [-0.2, -0.15) is 0 Å². The first-order valence-electron chi connectivity index (χ1n) is 2.93. The highest BCUT2D eigenvalue weighted by atomic mass is 79.9. The van der Waals surface area contributed by atoms with Crippen molar-refractivity contribution in [1.29, 1.82) is 0 Å². The summed E-state index contributed by atoms with van der Waals surface area (Å²) in [6, 6.07) is 1.84. The maximum absolute atomic E-state index is 5.80. The van der Waals surface area contributed by atoms with Gasteiger partial charge in [0.2, 0.25) is 0 Å². The monoisotopic (exact) mass is 231 g/mol. The maximum Gasteiger partial charge on any atom is 0.200 e. The second-order valence-corrected chi connectivity index (χ2v) is 3.09. The molecule has 2 heterocycles. The van der Waals surface area contributed by atoms with Gasteiger partial charge in [-0.25, -0.2) is 9.97 Å². The Morgan fingerprint density at radius 2 is 2.27 bits per heavy atom. The molecule has 0 saturated heterocycles. The summed E-state index contributed by atoms with van der Waals surface area (Å²) in [5, 5.41) is 1.30.